The number of ether oxygens (including phenoxy) is 1. The van der Waals surface area contributed by atoms with Gasteiger partial charge in [0.15, 0.2) is 5.52 Å². The van der Waals surface area contributed by atoms with Gasteiger partial charge in [-0.1, -0.05) is 20.7 Å². The second-order valence-corrected chi connectivity index (χ2v) is 11.1. The smallest absolute Gasteiger partial charge is 0.151 e. The highest BCUT2D eigenvalue weighted by atomic mass is 31.1. The molecule has 0 amide bonds. The Kier molecular flexibility index (Phi) is 7.31. The minimum absolute atomic E-state index is 0.298. The second-order valence-electron chi connectivity index (χ2n) is 10.0. The van der Waals surface area contributed by atoms with Crippen LogP contribution in [-0.4, -0.2) is 76.9 Å². The zero-order valence-corrected chi connectivity index (χ0v) is 23.3. The molecule has 0 aliphatic carbocycles. The lowest BCUT2D eigenvalue weighted by Crippen LogP contribution is -2.44. The summed E-state index contributed by atoms with van der Waals surface area (Å²) < 4.78 is 5.89. The van der Waals surface area contributed by atoms with E-state index in [1.807, 2.05) is 37.0 Å². The van der Waals surface area contributed by atoms with Crippen molar-refractivity contribution < 1.29 is 9.53 Å². The molecule has 9 heteroatoms. The molecule has 1 aliphatic rings. The summed E-state index contributed by atoms with van der Waals surface area (Å²) in [7, 11) is 2.53. The summed E-state index contributed by atoms with van der Waals surface area (Å²) >= 11 is 0. The van der Waals surface area contributed by atoms with E-state index in [1.54, 1.807) is 0 Å². The molecule has 2 aromatic heterocycles. The van der Waals surface area contributed by atoms with Crippen LogP contribution in [0, 0.1) is 0 Å². The predicted octanol–water partition coefficient (Wildman–Crippen LogP) is 5.52. The zero-order valence-electron chi connectivity index (χ0n) is 22.3. The van der Waals surface area contributed by atoms with Crippen molar-refractivity contribution in [2.45, 2.75) is 12.8 Å². The number of carbonyl (C=O) groups is 1. The summed E-state index contributed by atoms with van der Waals surface area (Å²) in [6.45, 7) is 6.69. The van der Waals surface area contributed by atoms with Crippen molar-refractivity contribution in [2.24, 2.45) is 0 Å². The molecule has 6 rings (SSSR count). The molecule has 39 heavy (non-hydrogen) atoms. The summed E-state index contributed by atoms with van der Waals surface area (Å²) in [5.74, 6) is 2.41. The van der Waals surface area contributed by atoms with Gasteiger partial charge in [-0.3, -0.25) is 4.79 Å². The Morgan fingerprint density at radius 1 is 0.897 bits per heavy atom. The molecule has 3 aromatic carbocycles. The van der Waals surface area contributed by atoms with Crippen LogP contribution in [-0.2, 0) is 4.79 Å². The molecular formula is C30H33N6O2P. The minimum Gasteiger partial charge on any atom is -0.494 e. The first-order chi connectivity index (χ1) is 19.1. The molecule has 0 radical (unpaired) electrons. The molecule has 1 saturated heterocycles. The molecule has 1 unspecified atom stereocenters. The number of benzene rings is 3. The van der Waals surface area contributed by atoms with Crippen LogP contribution in [0.25, 0.3) is 44.8 Å². The maximum absolute atomic E-state index is 11.5. The quantitative estimate of drug-likeness (QED) is 0.189. The fourth-order valence-corrected chi connectivity index (χ4v) is 5.40. The highest BCUT2D eigenvalue weighted by Gasteiger charge is 2.16. The van der Waals surface area contributed by atoms with Crippen molar-refractivity contribution in [3.63, 3.8) is 0 Å². The van der Waals surface area contributed by atoms with E-state index in [1.165, 1.54) is 5.69 Å². The average molecular weight is 541 g/mol. The number of anilines is 1. The van der Waals surface area contributed by atoms with Gasteiger partial charge in [-0.25, -0.2) is 9.97 Å². The number of likely N-dealkylation sites (N-methyl/N-ethyl adjacent to an activating group) is 1. The van der Waals surface area contributed by atoms with E-state index >= 15 is 0 Å². The first-order valence-electron chi connectivity index (χ1n) is 13.4. The van der Waals surface area contributed by atoms with Crippen LogP contribution in [0.2, 0.25) is 0 Å². The third kappa shape index (κ3) is 5.68. The number of hydrogen-bond donors (Lipinski definition) is 2. The van der Waals surface area contributed by atoms with E-state index < -0.39 is 0 Å². The highest BCUT2D eigenvalue weighted by molar-refractivity contribution is 7.57. The van der Waals surface area contributed by atoms with E-state index in [-0.39, 0.29) is 0 Å². The van der Waals surface area contributed by atoms with Gasteiger partial charge in [-0.2, -0.15) is 0 Å². The van der Waals surface area contributed by atoms with Crippen LogP contribution in [0.4, 0.5) is 5.69 Å². The Balaban J connectivity index is 1.20. The van der Waals surface area contributed by atoms with Crippen molar-refractivity contribution in [1.82, 2.24) is 24.8 Å². The van der Waals surface area contributed by atoms with E-state index in [9.17, 15) is 4.79 Å². The number of aromatic nitrogens is 4. The Hall–Kier alpha value is -3.74. The number of rotatable bonds is 9. The van der Waals surface area contributed by atoms with Crippen LogP contribution in [0.1, 0.15) is 12.8 Å². The number of hydrogen-bond acceptors (Lipinski definition) is 6. The third-order valence-corrected chi connectivity index (χ3v) is 8.10. The highest BCUT2D eigenvalue weighted by Crippen LogP contribution is 2.29. The van der Waals surface area contributed by atoms with Crippen molar-refractivity contribution >= 4 is 41.9 Å². The zero-order chi connectivity index (χ0) is 26.8. The predicted molar refractivity (Wildman–Crippen MR) is 160 cm³/mol. The fraction of sp³-hybridized carbons (Fsp3) is 0.300. The molecule has 0 spiro atoms. The topological polar surface area (TPSA) is 90.1 Å². The van der Waals surface area contributed by atoms with Crippen molar-refractivity contribution in [2.75, 3.05) is 51.4 Å². The van der Waals surface area contributed by atoms with Crippen LogP contribution in [0.5, 0.6) is 5.75 Å². The molecule has 5 aromatic rings. The monoisotopic (exact) mass is 540 g/mol. The van der Waals surface area contributed by atoms with E-state index in [2.05, 4.69) is 57.1 Å². The van der Waals surface area contributed by atoms with Crippen LogP contribution in [0.3, 0.4) is 0 Å². The summed E-state index contributed by atoms with van der Waals surface area (Å²) in [5, 5.41) is 0. The molecule has 1 aliphatic heterocycles. The molecule has 2 N–H and O–H groups in total. The van der Waals surface area contributed by atoms with Gasteiger partial charge in [0.1, 0.15) is 17.4 Å². The number of fused-ring (bicyclic) bond motifs is 2. The number of aromatic amines is 2. The normalized spacial score (nSPS) is 14.7. The molecule has 0 bridgehead atoms. The summed E-state index contributed by atoms with van der Waals surface area (Å²) in [6, 6.07) is 20.6. The van der Waals surface area contributed by atoms with E-state index in [0.29, 0.717) is 27.1 Å². The van der Waals surface area contributed by atoms with Crippen LogP contribution >= 0.6 is 8.58 Å². The number of imidazole rings is 2. The number of nitrogens with one attached hydrogen (secondary N) is 2. The first-order valence-corrected chi connectivity index (χ1v) is 14.9. The van der Waals surface area contributed by atoms with Gasteiger partial charge < -0.3 is 24.5 Å². The fourth-order valence-electron chi connectivity index (χ4n) is 4.97. The van der Waals surface area contributed by atoms with Crippen LogP contribution < -0.4 is 9.64 Å². The SMILES string of the molecule is CPC(=O)CCCOc1cccc(-c2nc3ccc(-c4nc5ccc(N6CCN(C)CC6)cc5[nH]4)cc3[nH]2)c1. The van der Waals surface area contributed by atoms with Crippen LogP contribution in [0.15, 0.2) is 60.7 Å². The van der Waals surface area contributed by atoms with E-state index in [0.717, 1.165) is 83.2 Å². The lowest BCUT2D eigenvalue weighted by molar-refractivity contribution is -0.111. The van der Waals surface area contributed by atoms with Gasteiger partial charge >= 0.3 is 0 Å². The molecule has 1 atom stereocenters. The standard InChI is InChI=1S/C30H33N6O2P/c1-35-12-14-36(15-13-35)22-9-11-25-27(19-22)34-30(32-25)21-8-10-24-26(18-21)33-29(31-24)20-5-3-6-23(17-20)38-16-4-7-28(37)39-2/h3,5-6,8-11,17-19,39H,4,7,12-16H2,1-2H3,(H,31,33)(H,32,34). The molecular weight excluding hydrogens is 507 g/mol. The van der Waals surface area contributed by atoms with Gasteiger partial charge in [0, 0.05) is 49.4 Å². The second kappa shape index (κ2) is 11.2. The van der Waals surface area contributed by atoms with Crippen molar-refractivity contribution in [3.8, 4) is 28.5 Å². The lowest BCUT2D eigenvalue weighted by atomic mass is 10.2. The maximum atomic E-state index is 11.5. The maximum Gasteiger partial charge on any atom is 0.151 e. The van der Waals surface area contributed by atoms with Gasteiger partial charge in [0.2, 0.25) is 0 Å². The summed E-state index contributed by atoms with van der Waals surface area (Å²) in [5.41, 5.74) is 7.35. The number of carbonyl (C=O) groups excluding carboxylic acids is 1. The van der Waals surface area contributed by atoms with E-state index in [4.69, 9.17) is 14.7 Å². The number of piperazine rings is 1. The molecule has 200 valence electrons. The minimum atomic E-state index is 0.298. The Morgan fingerprint density at radius 3 is 2.33 bits per heavy atom. The Morgan fingerprint density at radius 2 is 1.59 bits per heavy atom. The average Bonchev–Trinajstić information content (AvgIpc) is 3.59. The lowest BCUT2D eigenvalue weighted by Gasteiger charge is -2.34. The molecule has 0 saturated carbocycles. The summed E-state index contributed by atoms with van der Waals surface area (Å²) in [4.78, 5) is 33.0. The van der Waals surface area contributed by atoms with Crippen molar-refractivity contribution in [3.05, 3.63) is 60.7 Å². The largest absolute Gasteiger partial charge is 0.494 e. The Bertz CT molecular complexity index is 1620. The van der Waals surface area contributed by atoms with Gasteiger partial charge in [-0.05, 0) is 68.7 Å². The number of H-pyrrole nitrogens is 2. The molecule has 1 fully saturated rings. The van der Waals surface area contributed by atoms with Crippen molar-refractivity contribution in [1.29, 1.82) is 0 Å². The van der Waals surface area contributed by atoms with Gasteiger partial charge in [-0.15, -0.1) is 0 Å². The van der Waals surface area contributed by atoms with Gasteiger partial charge in [0.05, 0.1) is 28.7 Å². The Labute approximate surface area is 229 Å². The third-order valence-electron chi connectivity index (χ3n) is 7.29. The summed E-state index contributed by atoms with van der Waals surface area (Å²) in [6.07, 6.45) is 1.31. The molecule has 3 heterocycles. The van der Waals surface area contributed by atoms with Gasteiger partial charge in [0.25, 0.3) is 0 Å². The number of nitrogens with zero attached hydrogens (tertiary/aromatic N) is 4. The first kappa shape index (κ1) is 25.5. The molecule has 8 nitrogen and oxygen atoms in total.